The van der Waals surface area contributed by atoms with Gasteiger partial charge in [-0.25, -0.2) is 8.78 Å². The number of aliphatic hydroxyl groups excluding tert-OH is 1. The first-order valence-electron chi connectivity index (χ1n) is 11.0. The molecule has 6 nitrogen and oxygen atoms in total. The number of halogens is 5. The second-order valence-electron chi connectivity index (χ2n) is 8.51. The van der Waals surface area contributed by atoms with E-state index in [9.17, 15) is 40.3 Å². The average Bonchev–Trinajstić information content (AvgIpc) is 2.83. The Morgan fingerprint density at radius 3 is 1.86 bits per heavy atom. The maximum absolute atomic E-state index is 13.6. The zero-order valence-electron chi connectivity index (χ0n) is 18.9. The Morgan fingerprint density at radius 2 is 1.38 bits per heavy atom. The molecule has 12 heteroatoms. The molecule has 0 spiro atoms. The number of benzene rings is 3. The van der Waals surface area contributed by atoms with Crippen LogP contribution >= 0.6 is 0 Å². The Balaban J connectivity index is 1.64. The van der Waals surface area contributed by atoms with Gasteiger partial charge in [-0.2, -0.15) is 21.6 Å². The van der Waals surface area contributed by atoms with E-state index < -0.39 is 50.6 Å². The van der Waals surface area contributed by atoms with E-state index in [4.69, 9.17) is 0 Å². The van der Waals surface area contributed by atoms with Crippen molar-refractivity contribution in [3.63, 3.8) is 0 Å². The summed E-state index contributed by atoms with van der Waals surface area (Å²) < 4.78 is 91.6. The predicted octanol–water partition coefficient (Wildman–Crippen LogP) is 4.70. The summed E-state index contributed by atoms with van der Waals surface area (Å²) in [6.07, 6.45) is -0.761. The summed E-state index contributed by atoms with van der Waals surface area (Å²) >= 11 is 0. The smallest absolute Gasteiger partial charge is 0.388 e. The molecule has 4 rings (SSSR count). The fourth-order valence-corrected chi connectivity index (χ4v) is 4.84. The number of nitrogens with one attached hydrogen (secondary N) is 1. The molecule has 0 unspecified atom stereocenters. The Kier molecular flexibility index (Phi) is 6.99. The van der Waals surface area contributed by atoms with Gasteiger partial charge in [-0.1, -0.05) is 36.4 Å². The van der Waals surface area contributed by atoms with Crippen LogP contribution in [0.2, 0.25) is 0 Å². The Morgan fingerprint density at radius 1 is 0.892 bits per heavy atom. The van der Waals surface area contributed by atoms with E-state index in [2.05, 4.69) is 9.50 Å². The van der Waals surface area contributed by atoms with Crippen molar-refractivity contribution in [2.75, 3.05) is 0 Å². The van der Waals surface area contributed by atoms with Gasteiger partial charge in [0, 0.05) is 0 Å². The van der Waals surface area contributed by atoms with Gasteiger partial charge in [-0.05, 0) is 65.9 Å². The molecule has 2 N–H and O–H groups in total. The molecule has 1 aliphatic heterocycles. The summed E-state index contributed by atoms with van der Waals surface area (Å²) in [6.45, 7) is 0. The molecule has 1 fully saturated rings. The topological polar surface area (TPSA) is 92.7 Å². The summed E-state index contributed by atoms with van der Waals surface area (Å²) in [7, 11) is -5.88. The normalized spacial score (nSPS) is 20.6. The molecule has 196 valence electrons. The van der Waals surface area contributed by atoms with Crippen LogP contribution in [0, 0.1) is 17.6 Å². The van der Waals surface area contributed by atoms with E-state index in [-0.39, 0.29) is 18.7 Å². The summed E-state index contributed by atoms with van der Waals surface area (Å²) in [5.41, 5.74) is -5.57. The van der Waals surface area contributed by atoms with Gasteiger partial charge in [0.05, 0.1) is 12.0 Å². The van der Waals surface area contributed by atoms with Crippen molar-refractivity contribution in [3.8, 4) is 5.75 Å². The molecule has 1 amide bonds. The zero-order valence-corrected chi connectivity index (χ0v) is 19.7. The highest BCUT2D eigenvalue weighted by Gasteiger charge is 2.55. The standard InChI is InChI=1S/C25H20F5NO5S/c26-18-7-1-15(2-8-18)22(32)14-13-21-23(33)31-24(21,16-3-9-19(27)10-4-16)17-5-11-20(12-6-17)36-37(34,35)25(28,29)30/h1-12,21-22,32H,13-14H2,(H,31,33)/t21-,22-,24+/m0/s1. The highest BCUT2D eigenvalue weighted by molar-refractivity contribution is 7.88. The maximum atomic E-state index is 13.6. The molecule has 37 heavy (non-hydrogen) atoms. The summed E-state index contributed by atoms with van der Waals surface area (Å²) in [4.78, 5) is 12.7. The van der Waals surface area contributed by atoms with E-state index in [1.807, 2.05) is 0 Å². The average molecular weight is 541 g/mol. The van der Waals surface area contributed by atoms with Crippen molar-refractivity contribution in [1.29, 1.82) is 0 Å². The van der Waals surface area contributed by atoms with E-state index in [1.54, 1.807) is 0 Å². The maximum Gasteiger partial charge on any atom is 0.534 e. The van der Waals surface area contributed by atoms with Gasteiger partial charge in [0.2, 0.25) is 5.91 Å². The van der Waals surface area contributed by atoms with Crippen molar-refractivity contribution in [2.24, 2.45) is 5.92 Å². The van der Waals surface area contributed by atoms with Crippen molar-refractivity contribution < 1.29 is 44.5 Å². The van der Waals surface area contributed by atoms with Crippen LogP contribution < -0.4 is 9.50 Å². The van der Waals surface area contributed by atoms with E-state index in [1.165, 1.54) is 60.7 Å². The third kappa shape index (κ3) is 5.16. The predicted molar refractivity (Wildman–Crippen MR) is 121 cm³/mol. The molecular weight excluding hydrogens is 521 g/mol. The van der Waals surface area contributed by atoms with Gasteiger partial charge in [0.25, 0.3) is 0 Å². The Bertz CT molecular complexity index is 1380. The molecule has 3 aromatic rings. The first-order chi connectivity index (χ1) is 17.3. The SMILES string of the molecule is O=C1N[C@](c2ccc(F)cc2)(c2ccc(OS(=O)(=O)C(F)(F)F)cc2)[C@H]1CC[C@H](O)c1ccc(F)cc1. The van der Waals surface area contributed by atoms with Crippen LogP contribution in [0.15, 0.2) is 72.8 Å². The first-order valence-corrected chi connectivity index (χ1v) is 12.4. The number of β-lactam (4-membered cyclic amide) rings is 1. The molecule has 3 aromatic carbocycles. The second kappa shape index (κ2) is 9.75. The van der Waals surface area contributed by atoms with Crippen LogP contribution in [0.5, 0.6) is 5.75 Å². The number of carbonyl (C=O) groups excluding carboxylic acids is 1. The lowest BCUT2D eigenvalue weighted by molar-refractivity contribution is -0.140. The minimum Gasteiger partial charge on any atom is -0.388 e. The number of aliphatic hydroxyl groups is 1. The van der Waals surface area contributed by atoms with E-state index in [0.29, 0.717) is 16.7 Å². The number of rotatable bonds is 8. The highest BCUT2D eigenvalue weighted by atomic mass is 32.2. The van der Waals surface area contributed by atoms with Gasteiger partial charge in [-0.15, -0.1) is 0 Å². The molecule has 0 radical (unpaired) electrons. The molecule has 0 saturated carbocycles. The van der Waals surface area contributed by atoms with Crippen LogP contribution in [0.1, 0.15) is 35.6 Å². The Labute approximate surface area is 208 Å². The van der Waals surface area contributed by atoms with Gasteiger partial charge in [0.1, 0.15) is 22.9 Å². The van der Waals surface area contributed by atoms with E-state index in [0.717, 1.165) is 12.1 Å². The minimum absolute atomic E-state index is 0.109. The molecule has 1 heterocycles. The van der Waals surface area contributed by atoms with Crippen molar-refractivity contribution in [2.45, 2.75) is 30.0 Å². The molecule has 0 bridgehead atoms. The summed E-state index contributed by atoms with van der Waals surface area (Å²) in [6, 6.07) is 15.1. The lowest BCUT2D eigenvalue weighted by Gasteiger charge is -2.50. The third-order valence-electron chi connectivity index (χ3n) is 6.24. The molecular formula is C25H20F5NO5S. The quantitative estimate of drug-likeness (QED) is 0.187. The highest BCUT2D eigenvalue weighted by Crippen LogP contribution is 2.47. The van der Waals surface area contributed by atoms with Gasteiger partial charge in [-0.3, -0.25) is 4.79 Å². The van der Waals surface area contributed by atoms with Gasteiger partial charge >= 0.3 is 15.6 Å². The van der Waals surface area contributed by atoms with Crippen molar-refractivity contribution in [1.82, 2.24) is 5.32 Å². The third-order valence-corrected chi connectivity index (χ3v) is 7.22. The minimum atomic E-state index is -5.88. The molecule has 0 aliphatic carbocycles. The fourth-order valence-electron chi connectivity index (χ4n) is 4.38. The van der Waals surface area contributed by atoms with Crippen molar-refractivity contribution in [3.05, 3.63) is 101 Å². The number of alkyl halides is 3. The molecule has 3 atom stereocenters. The monoisotopic (exact) mass is 541 g/mol. The number of hydrogen-bond donors (Lipinski definition) is 2. The van der Waals surface area contributed by atoms with Gasteiger partial charge < -0.3 is 14.6 Å². The largest absolute Gasteiger partial charge is 0.534 e. The first kappa shape index (κ1) is 26.6. The van der Waals surface area contributed by atoms with Crippen LogP contribution in [-0.2, 0) is 20.5 Å². The zero-order chi connectivity index (χ0) is 27.0. The fraction of sp³-hybridized carbons (Fsp3) is 0.240. The lowest BCUT2D eigenvalue weighted by Crippen LogP contribution is -2.67. The van der Waals surface area contributed by atoms with Crippen LogP contribution in [0.3, 0.4) is 0 Å². The van der Waals surface area contributed by atoms with Crippen LogP contribution in [0.25, 0.3) is 0 Å². The molecule has 0 aromatic heterocycles. The van der Waals surface area contributed by atoms with Crippen LogP contribution in [-0.4, -0.2) is 24.9 Å². The van der Waals surface area contributed by atoms with Crippen molar-refractivity contribution >= 4 is 16.0 Å². The number of hydrogen-bond acceptors (Lipinski definition) is 5. The number of carbonyl (C=O) groups is 1. The summed E-state index contributed by atoms with van der Waals surface area (Å²) in [5, 5.41) is 13.3. The lowest BCUT2D eigenvalue weighted by atomic mass is 9.65. The van der Waals surface area contributed by atoms with Gasteiger partial charge in [0.15, 0.2) is 0 Å². The second-order valence-corrected chi connectivity index (χ2v) is 10.0. The number of amides is 1. The van der Waals surface area contributed by atoms with E-state index >= 15 is 0 Å². The molecule has 1 aliphatic rings. The molecule has 1 saturated heterocycles. The summed E-state index contributed by atoms with van der Waals surface area (Å²) in [5.74, 6) is -2.76. The Hall–Kier alpha value is -3.51. The van der Waals surface area contributed by atoms with Crippen LogP contribution in [0.4, 0.5) is 22.0 Å².